The van der Waals surface area contributed by atoms with Crippen LogP contribution in [0, 0.1) is 12.7 Å². The summed E-state index contributed by atoms with van der Waals surface area (Å²) in [5.41, 5.74) is 0.646. The summed E-state index contributed by atoms with van der Waals surface area (Å²) in [6.07, 6.45) is 2.39. The summed E-state index contributed by atoms with van der Waals surface area (Å²) < 4.78 is 18.6. The minimum atomic E-state index is -0.218. The molecule has 0 unspecified atom stereocenters. The van der Waals surface area contributed by atoms with Crippen molar-refractivity contribution in [3.8, 4) is 5.75 Å². The zero-order valence-corrected chi connectivity index (χ0v) is 7.01. The molecular weight excluding hydrogens is 155 g/mol. The Kier molecular flexibility index (Phi) is 1.75. The van der Waals surface area contributed by atoms with Gasteiger partial charge in [-0.3, -0.25) is 0 Å². The van der Waals surface area contributed by atoms with E-state index in [9.17, 15) is 4.39 Å². The van der Waals surface area contributed by atoms with Gasteiger partial charge in [0, 0.05) is 0 Å². The molecule has 0 aliphatic heterocycles. The Balaban J connectivity index is 2.23. The lowest BCUT2D eigenvalue weighted by Gasteiger charge is -2.06. The first-order valence-corrected chi connectivity index (χ1v) is 4.19. The second-order valence-corrected chi connectivity index (χ2v) is 3.20. The first-order valence-electron chi connectivity index (χ1n) is 4.19. The van der Waals surface area contributed by atoms with E-state index < -0.39 is 0 Å². The minimum Gasteiger partial charge on any atom is -0.487 e. The van der Waals surface area contributed by atoms with Gasteiger partial charge in [-0.25, -0.2) is 4.39 Å². The summed E-state index contributed by atoms with van der Waals surface area (Å²) in [6, 6.07) is 5.24. The number of hydrogen-bond acceptors (Lipinski definition) is 1. The maximum Gasteiger partial charge on any atom is 0.167 e. The highest BCUT2D eigenvalue weighted by atomic mass is 19.1. The molecular formula is C10H11FO. The fourth-order valence-corrected chi connectivity index (χ4v) is 1.08. The number of aryl methyl sites for hydroxylation is 1. The lowest BCUT2D eigenvalue weighted by atomic mass is 10.2. The van der Waals surface area contributed by atoms with Gasteiger partial charge < -0.3 is 4.74 Å². The molecule has 0 atom stereocenters. The highest BCUT2D eigenvalue weighted by Crippen LogP contribution is 2.29. The van der Waals surface area contributed by atoms with Crippen molar-refractivity contribution in [2.24, 2.45) is 0 Å². The van der Waals surface area contributed by atoms with E-state index in [-0.39, 0.29) is 11.9 Å². The van der Waals surface area contributed by atoms with Gasteiger partial charge in [-0.2, -0.15) is 0 Å². The van der Waals surface area contributed by atoms with Gasteiger partial charge >= 0.3 is 0 Å². The highest BCUT2D eigenvalue weighted by molar-refractivity contribution is 5.30. The maximum atomic E-state index is 13.3. The lowest BCUT2D eigenvalue weighted by Crippen LogP contribution is -1.98. The molecule has 1 aliphatic carbocycles. The standard InChI is InChI=1S/C10H11FO/c1-7-3-2-4-9(10(7)11)12-8-5-6-8/h2-4,8H,5-6H2,1H3. The largest absolute Gasteiger partial charge is 0.487 e. The van der Waals surface area contributed by atoms with Crippen molar-refractivity contribution < 1.29 is 9.13 Å². The minimum absolute atomic E-state index is 0.218. The van der Waals surface area contributed by atoms with Crippen LogP contribution in [0.3, 0.4) is 0 Å². The van der Waals surface area contributed by atoms with Crippen molar-refractivity contribution >= 4 is 0 Å². The van der Waals surface area contributed by atoms with Crippen LogP contribution < -0.4 is 4.74 Å². The van der Waals surface area contributed by atoms with Gasteiger partial charge in [0.25, 0.3) is 0 Å². The summed E-state index contributed by atoms with van der Waals surface area (Å²) in [5.74, 6) is 0.182. The molecule has 0 amide bonds. The van der Waals surface area contributed by atoms with Crippen LogP contribution in [0.15, 0.2) is 18.2 Å². The predicted octanol–water partition coefficient (Wildman–Crippen LogP) is 2.68. The van der Waals surface area contributed by atoms with Crippen LogP contribution in [0.25, 0.3) is 0 Å². The average molecular weight is 166 g/mol. The van der Waals surface area contributed by atoms with Crippen molar-refractivity contribution in [1.82, 2.24) is 0 Å². The van der Waals surface area contributed by atoms with Crippen LogP contribution in [-0.2, 0) is 0 Å². The van der Waals surface area contributed by atoms with Crippen LogP contribution in [0.2, 0.25) is 0 Å². The maximum absolute atomic E-state index is 13.3. The molecule has 1 aromatic rings. The molecule has 2 heteroatoms. The molecule has 0 N–H and O–H groups in total. The second-order valence-electron chi connectivity index (χ2n) is 3.20. The monoisotopic (exact) mass is 166 g/mol. The Bertz CT molecular complexity index is 292. The fourth-order valence-electron chi connectivity index (χ4n) is 1.08. The second kappa shape index (κ2) is 2.77. The van der Waals surface area contributed by atoms with Crippen molar-refractivity contribution in [2.75, 3.05) is 0 Å². The van der Waals surface area contributed by atoms with E-state index in [1.807, 2.05) is 6.07 Å². The Morgan fingerprint density at radius 1 is 1.42 bits per heavy atom. The van der Waals surface area contributed by atoms with Gasteiger partial charge in [0.2, 0.25) is 0 Å². The van der Waals surface area contributed by atoms with Gasteiger partial charge in [-0.1, -0.05) is 12.1 Å². The summed E-state index contributed by atoms with van der Waals surface area (Å²) >= 11 is 0. The van der Waals surface area contributed by atoms with Crippen molar-refractivity contribution in [3.63, 3.8) is 0 Å². The summed E-state index contributed by atoms with van der Waals surface area (Å²) in [7, 11) is 0. The van der Waals surface area contributed by atoms with E-state index in [0.717, 1.165) is 12.8 Å². The molecule has 0 heterocycles. The van der Waals surface area contributed by atoms with E-state index >= 15 is 0 Å². The molecule has 0 aromatic heterocycles. The first-order chi connectivity index (χ1) is 5.77. The van der Waals surface area contributed by atoms with E-state index in [0.29, 0.717) is 11.3 Å². The predicted molar refractivity (Wildman–Crippen MR) is 44.8 cm³/mol. The van der Waals surface area contributed by atoms with Gasteiger partial charge in [-0.15, -0.1) is 0 Å². The van der Waals surface area contributed by atoms with E-state index in [1.165, 1.54) is 0 Å². The van der Waals surface area contributed by atoms with Crippen LogP contribution in [0.1, 0.15) is 18.4 Å². The average Bonchev–Trinajstić information content (AvgIpc) is 2.83. The van der Waals surface area contributed by atoms with Gasteiger partial charge in [0.05, 0.1) is 6.10 Å². The molecule has 0 saturated heterocycles. The zero-order chi connectivity index (χ0) is 8.55. The molecule has 1 fully saturated rings. The summed E-state index contributed by atoms with van der Waals surface area (Å²) in [6.45, 7) is 1.75. The molecule has 1 nitrogen and oxygen atoms in total. The molecule has 0 spiro atoms. The third kappa shape index (κ3) is 1.42. The Labute approximate surface area is 71.2 Å². The van der Waals surface area contributed by atoms with Gasteiger partial charge in [-0.05, 0) is 31.4 Å². The summed E-state index contributed by atoms with van der Waals surface area (Å²) in [4.78, 5) is 0. The molecule has 64 valence electrons. The Morgan fingerprint density at radius 3 is 2.83 bits per heavy atom. The van der Waals surface area contributed by atoms with Gasteiger partial charge in [0.1, 0.15) is 0 Å². The van der Waals surface area contributed by atoms with E-state index in [1.54, 1.807) is 19.1 Å². The Hall–Kier alpha value is -1.05. The zero-order valence-electron chi connectivity index (χ0n) is 7.01. The summed E-state index contributed by atoms with van der Waals surface area (Å²) in [5, 5.41) is 0. The number of hydrogen-bond donors (Lipinski definition) is 0. The van der Waals surface area contributed by atoms with Crippen molar-refractivity contribution in [2.45, 2.75) is 25.9 Å². The van der Waals surface area contributed by atoms with Crippen LogP contribution in [-0.4, -0.2) is 6.10 Å². The van der Waals surface area contributed by atoms with E-state index in [4.69, 9.17) is 4.74 Å². The first kappa shape index (κ1) is 7.59. The van der Waals surface area contributed by atoms with Gasteiger partial charge in [0.15, 0.2) is 11.6 Å². The molecule has 0 bridgehead atoms. The SMILES string of the molecule is Cc1cccc(OC2CC2)c1F. The molecule has 1 aliphatic rings. The third-order valence-corrected chi connectivity index (χ3v) is 1.97. The number of rotatable bonds is 2. The normalized spacial score (nSPS) is 16.2. The fraction of sp³-hybridized carbons (Fsp3) is 0.400. The van der Waals surface area contributed by atoms with Crippen molar-refractivity contribution in [3.05, 3.63) is 29.6 Å². The number of benzene rings is 1. The molecule has 0 radical (unpaired) electrons. The lowest BCUT2D eigenvalue weighted by molar-refractivity contribution is 0.287. The highest BCUT2D eigenvalue weighted by Gasteiger charge is 2.24. The molecule has 2 rings (SSSR count). The molecule has 12 heavy (non-hydrogen) atoms. The third-order valence-electron chi connectivity index (χ3n) is 1.97. The number of halogens is 1. The van der Waals surface area contributed by atoms with Crippen molar-refractivity contribution in [1.29, 1.82) is 0 Å². The molecule has 1 saturated carbocycles. The number of ether oxygens (including phenoxy) is 1. The Morgan fingerprint density at radius 2 is 2.17 bits per heavy atom. The van der Waals surface area contributed by atoms with Crippen LogP contribution in [0.5, 0.6) is 5.75 Å². The van der Waals surface area contributed by atoms with Crippen LogP contribution >= 0.6 is 0 Å². The topological polar surface area (TPSA) is 9.23 Å². The quantitative estimate of drug-likeness (QED) is 0.656. The van der Waals surface area contributed by atoms with Crippen LogP contribution in [0.4, 0.5) is 4.39 Å². The van der Waals surface area contributed by atoms with E-state index in [2.05, 4.69) is 0 Å². The molecule has 1 aromatic carbocycles. The smallest absolute Gasteiger partial charge is 0.167 e.